The maximum Gasteiger partial charge on any atom is 0.434 e. The van der Waals surface area contributed by atoms with Crippen molar-refractivity contribution in [3.8, 4) is 11.1 Å². The average Bonchev–Trinajstić information content (AvgIpc) is 3.47. The molecule has 4 N–H and O–H groups in total. The van der Waals surface area contributed by atoms with Gasteiger partial charge in [-0.05, 0) is 53.8 Å². The molecule has 1 aliphatic carbocycles. The molecule has 1 aliphatic heterocycles. The van der Waals surface area contributed by atoms with Crippen molar-refractivity contribution in [3.05, 3.63) is 65.5 Å². The number of nitrogens with zero attached hydrogens (tertiary/aromatic N) is 3. The number of rotatable bonds is 6. The number of sulfone groups is 1. The lowest BCUT2D eigenvalue weighted by atomic mass is 9.80. The summed E-state index contributed by atoms with van der Waals surface area (Å²) in [5.74, 6) is -0.444. The number of fused-ring (bicyclic) bond motifs is 2. The molecular formula is C26H28F3N5O3S. The molecule has 0 amide bonds. The highest BCUT2D eigenvalue weighted by molar-refractivity contribution is 7.90. The first-order valence-corrected chi connectivity index (χ1v) is 14.1. The molecule has 2 heterocycles. The van der Waals surface area contributed by atoms with Crippen molar-refractivity contribution in [1.82, 2.24) is 15.3 Å². The van der Waals surface area contributed by atoms with E-state index < -0.39 is 34.0 Å². The number of anilines is 2. The van der Waals surface area contributed by atoms with Gasteiger partial charge in [-0.3, -0.25) is 5.32 Å². The summed E-state index contributed by atoms with van der Waals surface area (Å²) in [5, 5.41) is 14.2. The lowest BCUT2D eigenvalue weighted by molar-refractivity contribution is -0.140. The summed E-state index contributed by atoms with van der Waals surface area (Å²) in [4.78, 5) is 9.32. The van der Waals surface area contributed by atoms with Gasteiger partial charge < -0.3 is 15.7 Å². The SMILES string of the molecule is CS(=O)(=O)c1ccc(CNC(O)N2CC3(CCCC3)c3cc(-c4cnc(N)nc4C(F)(F)F)ccc32)cc1. The predicted molar refractivity (Wildman–Crippen MR) is 137 cm³/mol. The second-order valence-electron chi connectivity index (χ2n) is 10.0. The zero-order chi connectivity index (χ0) is 27.3. The number of nitrogens with two attached hydrogens (primary N) is 1. The number of hydrogen-bond acceptors (Lipinski definition) is 8. The van der Waals surface area contributed by atoms with Gasteiger partial charge in [-0.15, -0.1) is 0 Å². The standard InChI is InChI=1S/C26H28F3N5O3S/c1-38(36,37)18-7-4-16(5-8-18)13-32-24(35)34-15-25(10-2-3-11-25)20-12-17(6-9-21(20)34)19-14-31-23(30)33-22(19)26(27,28)29/h4-9,12,14,24,32,35H,2-3,10-11,13,15H2,1H3,(H2,30,31,33). The number of hydrogen-bond donors (Lipinski definition) is 3. The van der Waals surface area contributed by atoms with Gasteiger partial charge in [0.25, 0.3) is 0 Å². The first-order chi connectivity index (χ1) is 17.9. The minimum atomic E-state index is -4.69. The minimum absolute atomic E-state index is 0.141. The Morgan fingerprint density at radius 3 is 2.47 bits per heavy atom. The normalized spacial score (nSPS) is 17.7. The summed E-state index contributed by atoms with van der Waals surface area (Å²) in [7, 11) is -3.30. The molecule has 0 radical (unpaired) electrons. The molecule has 1 atom stereocenters. The summed E-state index contributed by atoms with van der Waals surface area (Å²) >= 11 is 0. The Kier molecular flexibility index (Phi) is 6.60. The largest absolute Gasteiger partial charge is 0.434 e. The van der Waals surface area contributed by atoms with Gasteiger partial charge in [0.15, 0.2) is 21.9 Å². The van der Waals surface area contributed by atoms with Crippen molar-refractivity contribution in [1.29, 1.82) is 0 Å². The molecule has 1 spiro atoms. The number of alkyl halides is 3. The molecular weight excluding hydrogens is 519 g/mol. The molecule has 1 fully saturated rings. The van der Waals surface area contributed by atoms with Crippen LogP contribution in [-0.4, -0.2) is 42.6 Å². The Bertz CT molecular complexity index is 1460. The number of nitrogens with one attached hydrogen (secondary N) is 1. The molecule has 1 saturated carbocycles. The fraction of sp³-hybridized carbons (Fsp3) is 0.385. The molecule has 12 heteroatoms. The highest BCUT2D eigenvalue weighted by Gasteiger charge is 2.46. The van der Waals surface area contributed by atoms with Gasteiger partial charge in [-0.25, -0.2) is 18.4 Å². The minimum Gasteiger partial charge on any atom is -0.368 e. The second-order valence-corrected chi connectivity index (χ2v) is 12.0. The Hall–Kier alpha value is -3.22. The molecule has 202 valence electrons. The van der Waals surface area contributed by atoms with E-state index >= 15 is 0 Å². The lowest BCUT2D eigenvalue weighted by Crippen LogP contribution is -2.46. The molecule has 0 bridgehead atoms. The Labute approximate surface area is 218 Å². The van der Waals surface area contributed by atoms with Crippen molar-refractivity contribution in [2.45, 2.75) is 55.1 Å². The summed E-state index contributed by atoms with van der Waals surface area (Å²) in [5.41, 5.74) is 6.74. The van der Waals surface area contributed by atoms with Crippen LogP contribution in [0.25, 0.3) is 11.1 Å². The topological polar surface area (TPSA) is 121 Å². The average molecular weight is 548 g/mol. The van der Waals surface area contributed by atoms with Gasteiger partial charge in [-0.2, -0.15) is 13.2 Å². The van der Waals surface area contributed by atoms with E-state index in [0.29, 0.717) is 18.7 Å². The lowest BCUT2D eigenvalue weighted by Gasteiger charge is -2.29. The summed E-state index contributed by atoms with van der Waals surface area (Å²) in [6.07, 6.45) is 0.213. The van der Waals surface area contributed by atoms with Crippen molar-refractivity contribution in [2.75, 3.05) is 23.4 Å². The third-order valence-electron chi connectivity index (χ3n) is 7.43. The van der Waals surface area contributed by atoms with Crippen LogP contribution in [0.2, 0.25) is 0 Å². The molecule has 2 aromatic carbocycles. The smallest absolute Gasteiger partial charge is 0.368 e. The van der Waals surface area contributed by atoms with E-state index in [1.54, 1.807) is 30.3 Å². The van der Waals surface area contributed by atoms with E-state index in [-0.39, 0.29) is 15.9 Å². The van der Waals surface area contributed by atoms with Gasteiger partial charge in [-0.1, -0.05) is 31.0 Å². The first-order valence-electron chi connectivity index (χ1n) is 12.2. The van der Waals surface area contributed by atoms with Crippen molar-refractivity contribution in [2.24, 2.45) is 0 Å². The molecule has 38 heavy (non-hydrogen) atoms. The van der Waals surface area contributed by atoms with Crippen LogP contribution in [-0.2, 0) is 28.0 Å². The summed E-state index contributed by atoms with van der Waals surface area (Å²) < 4.78 is 64.6. The van der Waals surface area contributed by atoms with Crippen molar-refractivity contribution in [3.63, 3.8) is 0 Å². The third kappa shape index (κ3) is 4.95. The van der Waals surface area contributed by atoms with E-state index in [1.807, 2.05) is 4.90 Å². The second kappa shape index (κ2) is 9.51. The number of benzene rings is 2. The number of halogens is 3. The van der Waals surface area contributed by atoms with Gasteiger partial charge in [0.1, 0.15) is 0 Å². The molecule has 3 aromatic rings. The zero-order valence-corrected chi connectivity index (χ0v) is 21.5. The number of nitrogen functional groups attached to an aromatic ring is 1. The molecule has 2 aliphatic rings. The van der Waals surface area contributed by atoms with Gasteiger partial charge in [0, 0.05) is 42.2 Å². The predicted octanol–water partition coefficient (Wildman–Crippen LogP) is 3.85. The first kappa shape index (κ1) is 26.4. The molecule has 1 aromatic heterocycles. The molecule has 8 nitrogen and oxygen atoms in total. The highest BCUT2D eigenvalue weighted by atomic mass is 32.2. The van der Waals surface area contributed by atoms with E-state index in [2.05, 4.69) is 15.3 Å². The van der Waals surface area contributed by atoms with Crippen LogP contribution in [0.15, 0.2) is 53.6 Å². The van der Waals surface area contributed by atoms with Crippen LogP contribution in [0.1, 0.15) is 42.5 Å². The fourth-order valence-corrected chi connectivity index (χ4v) is 6.20. The van der Waals surface area contributed by atoms with E-state index in [0.717, 1.165) is 55.0 Å². The van der Waals surface area contributed by atoms with Gasteiger partial charge in [0.05, 0.1) is 4.90 Å². The van der Waals surface area contributed by atoms with Gasteiger partial charge >= 0.3 is 6.18 Å². The molecule has 0 saturated heterocycles. The highest BCUT2D eigenvalue weighted by Crippen LogP contribution is 2.52. The Balaban J connectivity index is 1.43. The number of aliphatic hydroxyl groups excluding tert-OH is 1. The third-order valence-corrected chi connectivity index (χ3v) is 8.56. The van der Waals surface area contributed by atoms with Gasteiger partial charge in [0.2, 0.25) is 5.95 Å². The van der Waals surface area contributed by atoms with Crippen molar-refractivity contribution >= 4 is 21.5 Å². The van der Waals surface area contributed by atoms with E-state index in [9.17, 15) is 26.7 Å². The Morgan fingerprint density at radius 2 is 1.84 bits per heavy atom. The maximum absolute atomic E-state index is 13.7. The van der Waals surface area contributed by atoms with Crippen molar-refractivity contribution < 1.29 is 26.7 Å². The van der Waals surface area contributed by atoms with Crippen LogP contribution in [0.4, 0.5) is 24.8 Å². The van der Waals surface area contributed by atoms with Crippen LogP contribution >= 0.6 is 0 Å². The van der Waals surface area contributed by atoms with Crippen LogP contribution in [0.3, 0.4) is 0 Å². The quantitative estimate of drug-likeness (QED) is 0.398. The van der Waals surface area contributed by atoms with Crippen LogP contribution in [0, 0.1) is 0 Å². The Morgan fingerprint density at radius 1 is 1.16 bits per heavy atom. The van der Waals surface area contributed by atoms with E-state index in [4.69, 9.17) is 5.73 Å². The monoisotopic (exact) mass is 547 g/mol. The fourth-order valence-electron chi connectivity index (χ4n) is 5.57. The summed E-state index contributed by atoms with van der Waals surface area (Å²) in [6, 6.07) is 11.5. The molecule has 5 rings (SSSR count). The van der Waals surface area contributed by atoms with E-state index in [1.165, 1.54) is 12.1 Å². The van der Waals surface area contributed by atoms with Crippen LogP contribution < -0.4 is 16.0 Å². The number of aromatic nitrogens is 2. The zero-order valence-electron chi connectivity index (χ0n) is 20.7. The summed E-state index contributed by atoms with van der Waals surface area (Å²) in [6.45, 7) is 0.817. The number of aliphatic hydroxyl groups is 1. The van der Waals surface area contributed by atoms with Crippen LogP contribution in [0.5, 0.6) is 0 Å². The molecule has 1 unspecified atom stereocenters. The maximum atomic E-state index is 13.7.